The number of hydrogen-bond acceptors (Lipinski definition) is 3. The minimum atomic E-state index is -0.113. The SMILES string of the molecule is CCn1cc(C(NN)C(C)(C)c2ccccc2)cn1. The first-order valence-electron chi connectivity index (χ1n) is 6.63. The Balaban J connectivity index is 2.35. The second-order valence-electron chi connectivity index (χ2n) is 5.32. The lowest BCUT2D eigenvalue weighted by atomic mass is 9.76. The van der Waals surface area contributed by atoms with Gasteiger partial charge in [0.2, 0.25) is 0 Å². The van der Waals surface area contributed by atoms with Crippen LogP contribution in [-0.4, -0.2) is 9.78 Å². The van der Waals surface area contributed by atoms with Crippen molar-refractivity contribution in [3.63, 3.8) is 0 Å². The van der Waals surface area contributed by atoms with Gasteiger partial charge in [-0.3, -0.25) is 16.0 Å². The molecule has 102 valence electrons. The molecular weight excluding hydrogens is 236 g/mol. The van der Waals surface area contributed by atoms with Gasteiger partial charge in [-0.05, 0) is 12.5 Å². The summed E-state index contributed by atoms with van der Waals surface area (Å²) in [5.74, 6) is 5.79. The van der Waals surface area contributed by atoms with E-state index >= 15 is 0 Å². The van der Waals surface area contributed by atoms with Crippen LogP contribution in [0.25, 0.3) is 0 Å². The molecule has 0 amide bonds. The van der Waals surface area contributed by atoms with Gasteiger partial charge in [0, 0.05) is 23.7 Å². The average molecular weight is 258 g/mol. The number of nitrogens with two attached hydrogens (primary N) is 1. The third-order valence-corrected chi connectivity index (χ3v) is 3.72. The predicted molar refractivity (Wildman–Crippen MR) is 77.4 cm³/mol. The molecule has 0 saturated carbocycles. The number of benzene rings is 1. The van der Waals surface area contributed by atoms with Gasteiger partial charge in [0.25, 0.3) is 0 Å². The molecule has 1 aromatic carbocycles. The van der Waals surface area contributed by atoms with E-state index in [-0.39, 0.29) is 11.5 Å². The van der Waals surface area contributed by atoms with Crippen LogP contribution in [0.4, 0.5) is 0 Å². The maximum Gasteiger partial charge on any atom is 0.0582 e. The van der Waals surface area contributed by atoms with Gasteiger partial charge in [0.1, 0.15) is 0 Å². The van der Waals surface area contributed by atoms with Crippen molar-refractivity contribution in [2.75, 3.05) is 0 Å². The highest BCUT2D eigenvalue weighted by Gasteiger charge is 2.32. The topological polar surface area (TPSA) is 55.9 Å². The molecule has 0 saturated heterocycles. The minimum Gasteiger partial charge on any atom is -0.273 e. The summed E-state index contributed by atoms with van der Waals surface area (Å²) < 4.78 is 1.92. The Kier molecular flexibility index (Phi) is 4.02. The zero-order valence-electron chi connectivity index (χ0n) is 11.8. The smallest absolute Gasteiger partial charge is 0.0582 e. The van der Waals surface area contributed by atoms with Gasteiger partial charge in [-0.15, -0.1) is 0 Å². The normalized spacial score (nSPS) is 13.5. The second kappa shape index (κ2) is 5.55. The predicted octanol–water partition coefficient (Wildman–Crippen LogP) is 2.39. The molecule has 0 aliphatic rings. The lowest BCUT2D eigenvalue weighted by molar-refractivity contribution is 0.352. The molecule has 0 aliphatic heterocycles. The molecule has 0 fully saturated rings. The Morgan fingerprint density at radius 2 is 2.00 bits per heavy atom. The van der Waals surface area contributed by atoms with Crippen LogP contribution in [0.5, 0.6) is 0 Å². The number of aromatic nitrogens is 2. The van der Waals surface area contributed by atoms with Crippen molar-refractivity contribution in [3.8, 4) is 0 Å². The summed E-state index contributed by atoms with van der Waals surface area (Å²) in [6.07, 6.45) is 3.94. The van der Waals surface area contributed by atoms with Crippen LogP contribution in [0.2, 0.25) is 0 Å². The summed E-state index contributed by atoms with van der Waals surface area (Å²) >= 11 is 0. The minimum absolute atomic E-state index is 0.0233. The molecule has 0 aliphatic carbocycles. The summed E-state index contributed by atoms with van der Waals surface area (Å²) in [5.41, 5.74) is 5.19. The summed E-state index contributed by atoms with van der Waals surface area (Å²) in [6.45, 7) is 7.32. The van der Waals surface area contributed by atoms with Gasteiger partial charge in [0.15, 0.2) is 0 Å². The molecule has 1 atom stereocenters. The third-order valence-electron chi connectivity index (χ3n) is 3.72. The molecule has 19 heavy (non-hydrogen) atoms. The van der Waals surface area contributed by atoms with E-state index < -0.39 is 0 Å². The van der Waals surface area contributed by atoms with E-state index in [4.69, 9.17) is 5.84 Å². The number of aryl methyl sites for hydroxylation is 1. The van der Waals surface area contributed by atoms with Gasteiger partial charge in [0.05, 0.1) is 12.2 Å². The molecule has 0 radical (unpaired) electrons. The molecule has 2 aromatic rings. The van der Waals surface area contributed by atoms with E-state index in [1.54, 1.807) is 0 Å². The fourth-order valence-corrected chi connectivity index (χ4v) is 2.46. The zero-order chi connectivity index (χ0) is 13.9. The van der Waals surface area contributed by atoms with Gasteiger partial charge in [-0.1, -0.05) is 44.2 Å². The summed E-state index contributed by atoms with van der Waals surface area (Å²) in [6, 6.07) is 10.4. The lowest BCUT2D eigenvalue weighted by Crippen LogP contribution is -2.40. The first kappa shape index (κ1) is 13.8. The van der Waals surface area contributed by atoms with Crippen molar-refractivity contribution in [3.05, 3.63) is 53.9 Å². The molecule has 0 spiro atoms. The monoisotopic (exact) mass is 258 g/mol. The third kappa shape index (κ3) is 2.69. The van der Waals surface area contributed by atoms with E-state index in [2.05, 4.69) is 61.8 Å². The first-order chi connectivity index (χ1) is 9.09. The van der Waals surface area contributed by atoms with Gasteiger partial charge in [-0.2, -0.15) is 5.10 Å². The fraction of sp³-hybridized carbons (Fsp3) is 0.400. The molecule has 1 unspecified atom stereocenters. The Labute approximate surface area is 114 Å². The van der Waals surface area contributed by atoms with Crippen molar-refractivity contribution in [1.82, 2.24) is 15.2 Å². The fourth-order valence-electron chi connectivity index (χ4n) is 2.46. The van der Waals surface area contributed by atoms with E-state index in [1.165, 1.54) is 5.56 Å². The van der Waals surface area contributed by atoms with Crippen LogP contribution < -0.4 is 11.3 Å². The van der Waals surface area contributed by atoms with E-state index in [0.29, 0.717) is 0 Å². The van der Waals surface area contributed by atoms with Crippen LogP contribution in [-0.2, 0) is 12.0 Å². The Morgan fingerprint density at radius 3 is 2.53 bits per heavy atom. The van der Waals surface area contributed by atoms with Crippen molar-refractivity contribution in [2.45, 2.75) is 38.8 Å². The number of hydrogen-bond donors (Lipinski definition) is 2. The maximum absolute atomic E-state index is 5.79. The largest absolute Gasteiger partial charge is 0.273 e. The highest BCUT2D eigenvalue weighted by molar-refractivity contribution is 5.29. The Hall–Kier alpha value is -1.65. The van der Waals surface area contributed by atoms with Crippen LogP contribution in [0.3, 0.4) is 0 Å². The first-order valence-corrected chi connectivity index (χ1v) is 6.63. The lowest BCUT2D eigenvalue weighted by Gasteiger charge is -2.34. The average Bonchev–Trinajstić information content (AvgIpc) is 2.89. The van der Waals surface area contributed by atoms with Gasteiger partial charge in [-0.25, -0.2) is 0 Å². The molecule has 4 nitrogen and oxygen atoms in total. The van der Waals surface area contributed by atoms with E-state index in [0.717, 1.165) is 12.1 Å². The van der Waals surface area contributed by atoms with Gasteiger partial charge >= 0.3 is 0 Å². The Bertz CT molecular complexity index is 516. The van der Waals surface area contributed by atoms with Crippen LogP contribution >= 0.6 is 0 Å². The number of rotatable bonds is 5. The van der Waals surface area contributed by atoms with Crippen molar-refractivity contribution >= 4 is 0 Å². The van der Waals surface area contributed by atoms with Crippen molar-refractivity contribution in [2.24, 2.45) is 5.84 Å². The summed E-state index contributed by atoms with van der Waals surface area (Å²) in [5, 5.41) is 4.33. The highest BCUT2D eigenvalue weighted by atomic mass is 15.3. The highest BCUT2D eigenvalue weighted by Crippen LogP contribution is 2.36. The van der Waals surface area contributed by atoms with Gasteiger partial charge < -0.3 is 0 Å². The van der Waals surface area contributed by atoms with E-state index in [1.807, 2.05) is 16.9 Å². The molecule has 4 heteroatoms. The Morgan fingerprint density at radius 1 is 1.32 bits per heavy atom. The molecule has 2 rings (SSSR count). The molecular formula is C15H22N4. The zero-order valence-corrected chi connectivity index (χ0v) is 11.8. The second-order valence-corrected chi connectivity index (χ2v) is 5.32. The van der Waals surface area contributed by atoms with E-state index in [9.17, 15) is 0 Å². The number of hydrazine groups is 1. The quantitative estimate of drug-likeness (QED) is 0.639. The molecule has 1 heterocycles. The molecule has 1 aromatic heterocycles. The molecule has 0 bridgehead atoms. The summed E-state index contributed by atoms with van der Waals surface area (Å²) in [7, 11) is 0. The maximum atomic E-state index is 5.79. The van der Waals surface area contributed by atoms with Crippen LogP contribution in [0, 0.1) is 0 Å². The number of nitrogens with zero attached hydrogens (tertiary/aromatic N) is 2. The van der Waals surface area contributed by atoms with Crippen molar-refractivity contribution < 1.29 is 0 Å². The number of nitrogens with one attached hydrogen (secondary N) is 1. The van der Waals surface area contributed by atoms with Crippen molar-refractivity contribution in [1.29, 1.82) is 0 Å². The standard InChI is InChI=1S/C15H22N4/c1-4-19-11-12(10-17-19)14(18-16)15(2,3)13-8-6-5-7-9-13/h5-11,14,18H,4,16H2,1-3H3. The van der Waals surface area contributed by atoms with Crippen LogP contribution in [0.15, 0.2) is 42.7 Å². The molecule has 3 N–H and O–H groups in total. The summed E-state index contributed by atoms with van der Waals surface area (Å²) in [4.78, 5) is 0. The van der Waals surface area contributed by atoms with Crippen LogP contribution in [0.1, 0.15) is 37.9 Å².